The Hall–Kier alpha value is -0.570. The Morgan fingerprint density at radius 2 is 2.08 bits per heavy atom. The topological polar surface area (TPSA) is 40.5 Å². The summed E-state index contributed by atoms with van der Waals surface area (Å²) in [6.07, 6.45) is 3.06. The molecule has 2 aliphatic rings. The van der Waals surface area contributed by atoms with Gasteiger partial charge in [0.2, 0.25) is 0 Å². The normalized spacial score (nSPS) is 36.1. The average Bonchev–Trinajstić information content (AvgIpc) is 2.45. The van der Waals surface area contributed by atoms with E-state index in [4.69, 9.17) is 5.11 Å². The van der Waals surface area contributed by atoms with Crippen LogP contribution in [0.4, 0.5) is 0 Å². The maximum atomic E-state index is 10.9. The van der Waals surface area contributed by atoms with Gasteiger partial charge in [-0.25, -0.2) is 0 Å². The first-order valence-corrected chi connectivity index (χ1v) is 5.15. The van der Waals surface area contributed by atoms with Gasteiger partial charge in [-0.2, -0.15) is 0 Å². The number of aliphatic carboxylic acids is 1. The lowest BCUT2D eigenvalue weighted by Gasteiger charge is -2.43. The number of carbonyl (C=O) groups is 1. The van der Waals surface area contributed by atoms with Crippen LogP contribution in [0.2, 0.25) is 0 Å². The summed E-state index contributed by atoms with van der Waals surface area (Å²) in [6, 6.07) is 0.341. The van der Waals surface area contributed by atoms with Crippen molar-refractivity contribution >= 4 is 5.97 Å². The highest BCUT2D eigenvalue weighted by Gasteiger charge is 2.40. The van der Waals surface area contributed by atoms with Gasteiger partial charge in [0, 0.05) is 19.1 Å². The highest BCUT2D eigenvalue weighted by atomic mass is 16.4. The molecular formula is C10H17NO2. The maximum Gasteiger partial charge on any atom is 0.308 e. The molecule has 1 saturated heterocycles. The summed E-state index contributed by atoms with van der Waals surface area (Å²) in [5.41, 5.74) is 0. The Kier molecular flexibility index (Phi) is 2.28. The highest BCUT2D eigenvalue weighted by molar-refractivity contribution is 5.71. The van der Waals surface area contributed by atoms with E-state index in [1.165, 1.54) is 0 Å². The molecule has 2 atom stereocenters. The number of carboxylic acid groups (broad SMARTS) is 1. The van der Waals surface area contributed by atoms with Gasteiger partial charge in [-0.3, -0.25) is 9.69 Å². The summed E-state index contributed by atoms with van der Waals surface area (Å²) >= 11 is 0. The highest BCUT2D eigenvalue weighted by Crippen LogP contribution is 2.33. The number of hydrogen-bond acceptors (Lipinski definition) is 2. The quantitative estimate of drug-likeness (QED) is 0.699. The largest absolute Gasteiger partial charge is 0.481 e. The maximum absolute atomic E-state index is 10.9. The molecule has 0 amide bonds. The van der Waals surface area contributed by atoms with E-state index in [1.807, 2.05) is 0 Å². The zero-order valence-electron chi connectivity index (χ0n) is 8.07. The van der Waals surface area contributed by atoms with E-state index in [0.29, 0.717) is 6.04 Å². The molecule has 1 saturated carbocycles. The van der Waals surface area contributed by atoms with Crippen LogP contribution in [0.15, 0.2) is 0 Å². The summed E-state index contributed by atoms with van der Waals surface area (Å²) in [4.78, 5) is 13.3. The molecule has 3 heteroatoms. The van der Waals surface area contributed by atoms with Crippen LogP contribution in [-0.4, -0.2) is 35.1 Å². The molecule has 0 aromatic carbocycles. The summed E-state index contributed by atoms with van der Waals surface area (Å²) in [7, 11) is 0. The average molecular weight is 183 g/mol. The first kappa shape index (κ1) is 9.00. The molecule has 2 rings (SSSR count). The van der Waals surface area contributed by atoms with Crippen LogP contribution >= 0.6 is 0 Å². The zero-order chi connectivity index (χ0) is 9.42. The van der Waals surface area contributed by atoms with Crippen LogP contribution in [0, 0.1) is 11.8 Å². The third kappa shape index (κ3) is 1.57. The molecule has 3 nitrogen and oxygen atoms in total. The van der Waals surface area contributed by atoms with E-state index in [0.717, 1.165) is 38.3 Å². The summed E-state index contributed by atoms with van der Waals surface area (Å²) in [5, 5.41) is 8.99. The van der Waals surface area contributed by atoms with Gasteiger partial charge < -0.3 is 5.11 Å². The molecule has 0 bridgehead atoms. The molecule has 0 radical (unpaired) electrons. The lowest BCUT2D eigenvalue weighted by atomic mass is 9.94. The predicted molar refractivity (Wildman–Crippen MR) is 49.5 cm³/mol. The van der Waals surface area contributed by atoms with Gasteiger partial charge in [-0.05, 0) is 18.8 Å². The second-order valence-electron chi connectivity index (χ2n) is 4.50. The van der Waals surface area contributed by atoms with Crippen molar-refractivity contribution in [3.05, 3.63) is 0 Å². The van der Waals surface area contributed by atoms with E-state index in [-0.39, 0.29) is 5.92 Å². The molecule has 0 aromatic heterocycles. The molecule has 0 spiro atoms. The molecule has 1 N–H and O–H groups in total. The SMILES string of the molecule is CC1CN(C2CCCC2C(=O)O)C1. The Morgan fingerprint density at radius 3 is 2.62 bits per heavy atom. The Labute approximate surface area is 78.7 Å². The molecule has 1 heterocycles. The second-order valence-corrected chi connectivity index (χ2v) is 4.50. The second kappa shape index (κ2) is 3.29. The Bertz CT molecular complexity index is 211. The molecule has 1 aliphatic carbocycles. The van der Waals surface area contributed by atoms with E-state index in [9.17, 15) is 4.79 Å². The van der Waals surface area contributed by atoms with Crippen molar-refractivity contribution in [3.63, 3.8) is 0 Å². The molecule has 1 aliphatic heterocycles. The predicted octanol–water partition coefficient (Wildman–Crippen LogP) is 1.19. The fourth-order valence-corrected chi connectivity index (χ4v) is 2.68. The lowest BCUT2D eigenvalue weighted by molar-refractivity contribution is -0.144. The zero-order valence-corrected chi connectivity index (χ0v) is 8.07. The standard InChI is InChI=1S/C10H17NO2/c1-7-5-11(6-7)9-4-2-3-8(9)10(12)13/h7-9H,2-6H2,1H3,(H,12,13). The van der Waals surface area contributed by atoms with Crippen molar-refractivity contribution in [2.75, 3.05) is 13.1 Å². The summed E-state index contributed by atoms with van der Waals surface area (Å²) in [5.74, 6) is 0.0876. The molecule has 13 heavy (non-hydrogen) atoms. The first-order chi connectivity index (χ1) is 6.18. The van der Waals surface area contributed by atoms with Gasteiger partial charge in [-0.1, -0.05) is 13.3 Å². The van der Waals surface area contributed by atoms with Crippen molar-refractivity contribution < 1.29 is 9.90 Å². The minimum absolute atomic E-state index is 0.0903. The fourth-order valence-electron chi connectivity index (χ4n) is 2.68. The number of nitrogens with zero attached hydrogens (tertiary/aromatic N) is 1. The summed E-state index contributed by atoms with van der Waals surface area (Å²) < 4.78 is 0. The van der Waals surface area contributed by atoms with Crippen LogP contribution in [-0.2, 0) is 4.79 Å². The number of likely N-dealkylation sites (tertiary alicyclic amines) is 1. The first-order valence-electron chi connectivity index (χ1n) is 5.15. The fraction of sp³-hybridized carbons (Fsp3) is 0.900. The molecule has 2 fully saturated rings. The van der Waals surface area contributed by atoms with Gasteiger partial charge >= 0.3 is 5.97 Å². The Balaban J connectivity index is 1.94. The third-order valence-electron chi connectivity index (χ3n) is 3.36. The minimum Gasteiger partial charge on any atom is -0.481 e. The van der Waals surface area contributed by atoms with Crippen LogP contribution in [0.5, 0.6) is 0 Å². The van der Waals surface area contributed by atoms with Crippen LogP contribution in [0.25, 0.3) is 0 Å². The monoisotopic (exact) mass is 183 g/mol. The molecule has 74 valence electrons. The minimum atomic E-state index is -0.595. The van der Waals surface area contributed by atoms with Crippen molar-refractivity contribution in [3.8, 4) is 0 Å². The van der Waals surface area contributed by atoms with E-state index in [2.05, 4.69) is 11.8 Å². The lowest BCUT2D eigenvalue weighted by Crippen LogP contribution is -2.53. The number of carboxylic acids is 1. The van der Waals surface area contributed by atoms with Crippen molar-refractivity contribution in [2.45, 2.75) is 32.2 Å². The van der Waals surface area contributed by atoms with Crippen LogP contribution in [0.1, 0.15) is 26.2 Å². The van der Waals surface area contributed by atoms with Gasteiger partial charge in [0.05, 0.1) is 5.92 Å². The van der Waals surface area contributed by atoms with Gasteiger partial charge in [-0.15, -0.1) is 0 Å². The van der Waals surface area contributed by atoms with Crippen molar-refractivity contribution in [1.82, 2.24) is 4.90 Å². The van der Waals surface area contributed by atoms with Crippen molar-refractivity contribution in [1.29, 1.82) is 0 Å². The smallest absolute Gasteiger partial charge is 0.308 e. The van der Waals surface area contributed by atoms with Gasteiger partial charge in [0.25, 0.3) is 0 Å². The number of hydrogen-bond donors (Lipinski definition) is 1. The van der Waals surface area contributed by atoms with Gasteiger partial charge in [0.1, 0.15) is 0 Å². The molecular weight excluding hydrogens is 166 g/mol. The van der Waals surface area contributed by atoms with Crippen molar-refractivity contribution in [2.24, 2.45) is 11.8 Å². The summed E-state index contributed by atoms with van der Waals surface area (Å²) in [6.45, 7) is 4.43. The van der Waals surface area contributed by atoms with Crippen LogP contribution in [0.3, 0.4) is 0 Å². The van der Waals surface area contributed by atoms with Crippen LogP contribution < -0.4 is 0 Å². The van der Waals surface area contributed by atoms with Gasteiger partial charge in [0.15, 0.2) is 0 Å². The Morgan fingerprint density at radius 1 is 1.38 bits per heavy atom. The van der Waals surface area contributed by atoms with E-state index >= 15 is 0 Å². The number of rotatable bonds is 2. The molecule has 2 unspecified atom stereocenters. The third-order valence-corrected chi connectivity index (χ3v) is 3.36. The van der Waals surface area contributed by atoms with E-state index < -0.39 is 5.97 Å². The van der Waals surface area contributed by atoms with E-state index in [1.54, 1.807) is 0 Å². The molecule has 0 aromatic rings.